The molecule has 0 bridgehead atoms. The Hall–Kier alpha value is -1.31. The molecule has 3 aliphatic carbocycles. The number of benzene rings is 1. The van der Waals surface area contributed by atoms with Crippen molar-refractivity contribution in [2.24, 2.45) is 22.7 Å². The quantitative estimate of drug-likeness (QED) is 0.354. The van der Waals surface area contributed by atoms with Gasteiger partial charge in [-0.05, 0) is 61.5 Å². The average Bonchev–Trinajstić information content (AvgIpc) is 3.23. The molecule has 164 valence electrons. The van der Waals surface area contributed by atoms with E-state index in [0.717, 1.165) is 63.2 Å². The summed E-state index contributed by atoms with van der Waals surface area (Å²) in [6, 6.07) is 9.24. The number of rotatable bonds is 5. The van der Waals surface area contributed by atoms with Crippen LogP contribution in [-0.4, -0.2) is 49.0 Å². The van der Waals surface area contributed by atoms with Crippen LogP contribution < -0.4 is 10.6 Å². The summed E-state index contributed by atoms with van der Waals surface area (Å²) in [5, 5.41) is 7.02. The molecule has 2 N–H and O–H groups in total. The van der Waals surface area contributed by atoms with Gasteiger partial charge in [-0.15, -0.1) is 24.0 Å². The number of carbonyl (C=O) groups excluding carboxylic acids is 1. The normalized spacial score (nSPS) is 29.9. The number of halogens is 1. The first-order valence-electron chi connectivity index (χ1n) is 11.7. The van der Waals surface area contributed by atoms with Gasteiger partial charge in [0.15, 0.2) is 5.96 Å². The standard InChI is InChI=1S/C24H34N4O.HI/c1-2-25-24(26-14-21-20-13-17-9-5-6-10-19(17)22(20)21)27-18-11-12-28(15-18)23(29)16-7-3-4-8-16;/h5-6,9-10,16,18,20-22H,2-4,7-8,11-15H2,1H3,(H2,25,26,27);1H. The molecule has 4 unspecified atom stereocenters. The molecule has 2 saturated carbocycles. The third-order valence-corrected chi connectivity index (χ3v) is 7.55. The molecular weight excluding hydrogens is 487 g/mol. The molecule has 6 heteroatoms. The molecule has 5 rings (SSSR count). The van der Waals surface area contributed by atoms with Crippen molar-refractivity contribution in [3.05, 3.63) is 35.4 Å². The number of likely N-dealkylation sites (tertiary alicyclic amines) is 1. The highest BCUT2D eigenvalue weighted by Gasteiger charge is 2.55. The van der Waals surface area contributed by atoms with Crippen LogP contribution in [0.3, 0.4) is 0 Å². The van der Waals surface area contributed by atoms with Gasteiger partial charge < -0.3 is 15.5 Å². The van der Waals surface area contributed by atoms with E-state index >= 15 is 0 Å². The highest BCUT2D eigenvalue weighted by Crippen LogP contribution is 2.61. The van der Waals surface area contributed by atoms with Crippen molar-refractivity contribution in [2.75, 3.05) is 26.2 Å². The third kappa shape index (κ3) is 4.34. The molecule has 1 heterocycles. The predicted molar refractivity (Wildman–Crippen MR) is 131 cm³/mol. The van der Waals surface area contributed by atoms with Gasteiger partial charge in [-0.3, -0.25) is 9.79 Å². The molecule has 0 aromatic heterocycles. The molecule has 0 spiro atoms. The van der Waals surface area contributed by atoms with E-state index in [1.165, 1.54) is 19.3 Å². The zero-order valence-electron chi connectivity index (χ0n) is 18.0. The summed E-state index contributed by atoms with van der Waals surface area (Å²) in [6.45, 7) is 5.59. The Balaban J connectivity index is 0.00000218. The van der Waals surface area contributed by atoms with Crippen LogP contribution in [0, 0.1) is 17.8 Å². The SMILES string of the molecule is CCNC(=NCC1C2Cc3ccccc3C12)NC1CCN(C(=O)C2CCCC2)C1.I. The molecule has 30 heavy (non-hydrogen) atoms. The van der Waals surface area contributed by atoms with Gasteiger partial charge in [-0.25, -0.2) is 0 Å². The number of carbonyl (C=O) groups is 1. The number of amides is 1. The molecular formula is C24H35IN4O. The molecule has 3 fully saturated rings. The zero-order valence-corrected chi connectivity index (χ0v) is 20.3. The Kier molecular flexibility index (Phi) is 6.90. The molecule has 1 aromatic rings. The molecule has 4 atom stereocenters. The van der Waals surface area contributed by atoms with Crippen molar-refractivity contribution < 1.29 is 4.79 Å². The van der Waals surface area contributed by atoms with Crippen LogP contribution in [0.25, 0.3) is 0 Å². The first-order chi connectivity index (χ1) is 14.2. The largest absolute Gasteiger partial charge is 0.357 e. The van der Waals surface area contributed by atoms with E-state index in [0.29, 0.717) is 17.9 Å². The molecule has 1 amide bonds. The minimum absolute atomic E-state index is 0. The van der Waals surface area contributed by atoms with E-state index in [-0.39, 0.29) is 29.9 Å². The van der Waals surface area contributed by atoms with Crippen molar-refractivity contribution in [2.45, 2.75) is 57.4 Å². The summed E-state index contributed by atoms with van der Waals surface area (Å²) in [5.74, 6) is 3.81. The summed E-state index contributed by atoms with van der Waals surface area (Å²) in [4.78, 5) is 19.7. The lowest BCUT2D eigenvalue weighted by atomic mass is 10.0. The van der Waals surface area contributed by atoms with Crippen LogP contribution in [0.5, 0.6) is 0 Å². The Morgan fingerprint density at radius 3 is 2.80 bits per heavy atom. The maximum atomic E-state index is 12.7. The third-order valence-electron chi connectivity index (χ3n) is 7.55. The van der Waals surface area contributed by atoms with Crippen LogP contribution in [0.2, 0.25) is 0 Å². The highest BCUT2D eigenvalue weighted by molar-refractivity contribution is 14.0. The predicted octanol–water partition coefficient (Wildman–Crippen LogP) is 3.54. The van der Waals surface area contributed by atoms with Gasteiger partial charge in [-0.2, -0.15) is 0 Å². The van der Waals surface area contributed by atoms with Gasteiger partial charge in [0.2, 0.25) is 5.91 Å². The number of nitrogens with zero attached hydrogens (tertiary/aromatic N) is 2. The van der Waals surface area contributed by atoms with Crippen molar-refractivity contribution in [1.29, 1.82) is 0 Å². The lowest BCUT2D eigenvalue weighted by molar-refractivity contribution is -0.134. The van der Waals surface area contributed by atoms with Crippen LogP contribution in [-0.2, 0) is 11.2 Å². The molecule has 0 radical (unpaired) electrons. The Bertz CT molecular complexity index is 791. The topological polar surface area (TPSA) is 56.7 Å². The molecule has 5 nitrogen and oxygen atoms in total. The minimum atomic E-state index is 0. The zero-order chi connectivity index (χ0) is 19.8. The van der Waals surface area contributed by atoms with Crippen LogP contribution in [0.4, 0.5) is 0 Å². The Morgan fingerprint density at radius 2 is 2.00 bits per heavy atom. The van der Waals surface area contributed by atoms with E-state index in [9.17, 15) is 4.79 Å². The fourth-order valence-corrected chi connectivity index (χ4v) is 5.95. The summed E-state index contributed by atoms with van der Waals surface area (Å²) in [5.41, 5.74) is 3.11. The smallest absolute Gasteiger partial charge is 0.225 e. The average molecular weight is 522 g/mol. The maximum absolute atomic E-state index is 12.7. The number of hydrogen-bond acceptors (Lipinski definition) is 2. The highest BCUT2D eigenvalue weighted by atomic mass is 127. The van der Waals surface area contributed by atoms with Crippen molar-refractivity contribution in [1.82, 2.24) is 15.5 Å². The van der Waals surface area contributed by atoms with Gasteiger partial charge in [-0.1, -0.05) is 37.1 Å². The minimum Gasteiger partial charge on any atom is -0.357 e. The van der Waals surface area contributed by atoms with Crippen LogP contribution in [0.15, 0.2) is 29.3 Å². The first-order valence-corrected chi connectivity index (χ1v) is 11.7. The van der Waals surface area contributed by atoms with Crippen LogP contribution in [0.1, 0.15) is 56.1 Å². The fraction of sp³-hybridized carbons (Fsp3) is 0.667. The molecule has 1 saturated heterocycles. The molecule has 1 aliphatic heterocycles. The lowest BCUT2D eigenvalue weighted by Crippen LogP contribution is -2.45. The molecule has 1 aromatic carbocycles. The van der Waals surface area contributed by atoms with E-state index in [2.05, 4.69) is 46.7 Å². The lowest BCUT2D eigenvalue weighted by Gasteiger charge is -2.21. The number of fused-ring (bicyclic) bond motifs is 3. The van der Waals surface area contributed by atoms with Gasteiger partial charge >= 0.3 is 0 Å². The van der Waals surface area contributed by atoms with Crippen molar-refractivity contribution in [3.63, 3.8) is 0 Å². The Morgan fingerprint density at radius 1 is 1.20 bits per heavy atom. The monoisotopic (exact) mass is 522 g/mol. The van der Waals surface area contributed by atoms with Gasteiger partial charge in [0.25, 0.3) is 0 Å². The second-order valence-electron chi connectivity index (χ2n) is 9.37. The van der Waals surface area contributed by atoms with Gasteiger partial charge in [0.1, 0.15) is 0 Å². The maximum Gasteiger partial charge on any atom is 0.225 e. The van der Waals surface area contributed by atoms with Crippen LogP contribution >= 0.6 is 24.0 Å². The second kappa shape index (κ2) is 9.45. The van der Waals surface area contributed by atoms with E-state index in [1.54, 1.807) is 11.1 Å². The fourth-order valence-electron chi connectivity index (χ4n) is 5.95. The second-order valence-corrected chi connectivity index (χ2v) is 9.37. The Labute approximate surface area is 197 Å². The van der Waals surface area contributed by atoms with Gasteiger partial charge in [0.05, 0.1) is 0 Å². The van der Waals surface area contributed by atoms with E-state index in [4.69, 9.17) is 4.99 Å². The summed E-state index contributed by atoms with van der Waals surface area (Å²) in [7, 11) is 0. The summed E-state index contributed by atoms with van der Waals surface area (Å²) in [6.07, 6.45) is 6.86. The van der Waals surface area contributed by atoms with Crippen molar-refractivity contribution >= 4 is 35.8 Å². The summed E-state index contributed by atoms with van der Waals surface area (Å²) >= 11 is 0. The first kappa shape index (κ1) is 21.9. The number of nitrogens with one attached hydrogen (secondary N) is 2. The number of guanidine groups is 1. The van der Waals surface area contributed by atoms with E-state index in [1.807, 2.05) is 0 Å². The number of aliphatic imine (C=N–C) groups is 1. The van der Waals surface area contributed by atoms with E-state index < -0.39 is 0 Å². The summed E-state index contributed by atoms with van der Waals surface area (Å²) < 4.78 is 0. The van der Waals surface area contributed by atoms with Crippen molar-refractivity contribution in [3.8, 4) is 0 Å². The van der Waals surface area contributed by atoms with Gasteiger partial charge in [0, 0.05) is 38.1 Å². The molecule has 4 aliphatic rings. The number of hydrogen-bond donors (Lipinski definition) is 2.